The van der Waals surface area contributed by atoms with Gasteiger partial charge in [-0.3, -0.25) is 9.59 Å². The van der Waals surface area contributed by atoms with Crippen LogP contribution in [0.5, 0.6) is 5.75 Å². The molecule has 0 radical (unpaired) electrons. The van der Waals surface area contributed by atoms with Gasteiger partial charge in [0.25, 0.3) is 11.8 Å². The van der Waals surface area contributed by atoms with Gasteiger partial charge >= 0.3 is 0 Å². The molecule has 1 aliphatic heterocycles. The smallest absolute Gasteiger partial charge is 0.283 e. The molecule has 2 aromatic carbocycles. The number of phenolic OH excluding ortho intramolecular Hbond substituents is 1. The Balaban J connectivity index is 1.91. The van der Waals surface area contributed by atoms with Crippen molar-refractivity contribution in [2.24, 2.45) is 0 Å². The highest BCUT2D eigenvalue weighted by molar-refractivity contribution is 9.10. The second-order valence-electron chi connectivity index (χ2n) is 4.79. The van der Waals surface area contributed by atoms with Crippen molar-refractivity contribution in [2.75, 3.05) is 10.2 Å². The Morgan fingerprint density at radius 1 is 1.04 bits per heavy atom. The number of hydrogen-bond acceptors (Lipinski definition) is 4. The molecule has 0 fully saturated rings. The maximum atomic E-state index is 12.5. The summed E-state index contributed by atoms with van der Waals surface area (Å²) in [5.41, 5.74) is 0.858. The number of carbonyl (C=O) groups is 2. The minimum Gasteiger partial charge on any atom is -0.508 e. The number of aromatic hydroxyl groups is 1. The second-order valence-corrected chi connectivity index (χ2v) is 6.08. The van der Waals surface area contributed by atoms with Crippen LogP contribution in [0.3, 0.4) is 0 Å². The summed E-state index contributed by atoms with van der Waals surface area (Å²) in [7, 11) is 0. The van der Waals surface area contributed by atoms with Crippen LogP contribution in [-0.2, 0) is 9.59 Å². The van der Waals surface area contributed by atoms with E-state index in [4.69, 9.17) is 11.6 Å². The summed E-state index contributed by atoms with van der Waals surface area (Å²) < 4.78 is 0.831. The Bertz CT molecular complexity index is 833. The van der Waals surface area contributed by atoms with Gasteiger partial charge in [0.2, 0.25) is 0 Å². The Labute approximate surface area is 145 Å². The average Bonchev–Trinajstić information content (AvgIpc) is 2.73. The molecule has 23 heavy (non-hydrogen) atoms. The molecule has 0 saturated carbocycles. The Morgan fingerprint density at radius 2 is 1.74 bits per heavy atom. The fraction of sp³-hybridized carbons (Fsp3) is 0. The highest BCUT2D eigenvalue weighted by Crippen LogP contribution is 2.31. The number of imide groups is 1. The molecule has 7 heteroatoms. The van der Waals surface area contributed by atoms with Crippen molar-refractivity contribution in [2.45, 2.75) is 0 Å². The first-order valence-electron chi connectivity index (χ1n) is 6.57. The van der Waals surface area contributed by atoms with E-state index in [-0.39, 0.29) is 16.5 Å². The lowest BCUT2D eigenvalue weighted by Gasteiger charge is -2.15. The maximum absolute atomic E-state index is 12.5. The molecule has 0 saturated heterocycles. The molecule has 2 aromatic rings. The van der Waals surface area contributed by atoms with E-state index < -0.39 is 11.8 Å². The molecule has 0 aliphatic carbocycles. The van der Waals surface area contributed by atoms with Crippen molar-refractivity contribution in [1.82, 2.24) is 0 Å². The van der Waals surface area contributed by atoms with Crippen molar-refractivity contribution in [1.29, 1.82) is 0 Å². The van der Waals surface area contributed by atoms with E-state index in [2.05, 4.69) is 21.2 Å². The standard InChI is InChI=1S/C16H10BrClN2O3/c17-9-4-6-11(7-5-9)20-15(22)13(18)14(16(20)23)19-10-2-1-3-12(21)8-10/h1-8,19,21H. The lowest BCUT2D eigenvalue weighted by Crippen LogP contribution is -2.32. The summed E-state index contributed by atoms with van der Waals surface area (Å²) in [6.45, 7) is 0. The fourth-order valence-electron chi connectivity index (χ4n) is 2.16. The molecule has 0 atom stereocenters. The normalized spacial score (nSPS) is 14.6. The largest absolute Gasteiger partial charge is 0.508 e. The number of benzene rings is 2. The second kappa shape index (κ2) is 6.06. The van der Waals surface area contributed by atoms with Crippen LogP contribution >= 0.6 is 27.5 Å². The molecule has 5 nitrogen and oxygen atoms in total. The Morgan fingerprint density at radius 3 is 2.39 bits per heavy atom. The van der Waals surface area contributed by atoms with Gasteiger partial charge in [-0.25, -0.2) is 4.90 Å². The maximum Gasteiger partial charge on any atom is 0.283 e. The Kier molecular flexibility index (Phi) is 4.11. The van der Waals surface area contributed by atoms with Crippen LogP contribution in [0.4, 0.5) is 11.4 Å². The van der Waals surface area contributed by atoms with Crippen molar-refractivity contribution in [3.8, 4) is 5.75 Å². The van der Waals surface area contributed by atoms with Crippen LogP contribution < -0.4 is 10.2 Å². The highest BCUT2D eigenvalue weighted by atomic mass is 79.9. The third-order valence-corrected chi connectivity index (χ3v) is 4.11. The van der Waals surface area contributed by atoms with Gasteiger partial charge in [-0.1, -0.05) is 33.6 Å². The SMILES string of the molecule is O=C1C(Cl)=C(Nc2cccc(O)c2)C(=O)N1c1ccc(Br)cc1. The van der Waals surface area contributed by atoms with Gasteiger partial charge < -0.3 is 10.4 Å². The van der Waals surface area contributed by atoms with Gasteiger partial charge in [-0.2, -0.15) is 0 Å². The number of rotatable bonds is 3. The van der Waals surface area contributed by atoms with Crippen LogP contribution in [0.1, 0.15) is 0 Å². The minimum atomic E-state index is -0.596. The molecule has 3 rings (SSSR count). The highest BCUT2D eigenvalue weighted by Gasteiger charge is 2.38. The summed E-state index contributed by atoms with van der Waals surface area (Å²) in [6.07, 6.45) is 0. The zero-order valence-corrected chi connectivity index (χ0v) is 13.9. The van der Waals surface area contributed by atoms with E-state index in [0.29, 0.717) is 11.4 Å². The van der Waals surface area contributed by atoms with Crippen LogP contribution in [0.2, 0.25) is 0 Å². The first-order valence-corrected chi connectivity index (χ1v) is 7.74. The lowest BCUT2D eigenvalue weighted by molar-refractivity contribution is -0.120. The van der Waals surface area contributed by atoms with Gasteiger partial charge in [-0.05, 0) is 36.4 Å². The summed E-state index contributed by atoms with van der Waals surface area (Å²) in [4.78, 5) is 25.8. The average molecular weight is 394 g/mol. The van der Waals surface area contributed by atoms with Gasteiger partial charge in [-0.15, -0.1) is 0 Å². The van der Waals surface area contributed by atoms with Crippen molar-refractivity contribution in [3.63, 3.8) is 0 Å². The number of amides is 2. The number of hydrogen-bond donors (Lipinski definition) is 2. The molecule has 0 spiro atoms. The number of carbonyl (C=O) groups excluding carboxylic acids is 2. The zero-order valence-electron chi connectivity index (χ0n) is 11.6. The van der Waals surface area contributed by atoms with Crippen LogP contribution in [0.25, 0.3) is 0 Å². The predicted octanol–water partition coefficient (Wildman–Crippen LogP) is 3.59. The van der Waals surface area contributed by atoms with E-state index in [1.165, 1.54) is 12.1 Å². The zero-order chi connectivity index (χ0) is 16.6. The number of halogens is 2. The molecular formula is C16H10BrClN2O3. The van der Waals surface area contributed by atoms with Gasteiger partial charge in [0.15, 0.2) is 0 Å². The third kappa shape index (κ3) is 2.95. The molecule has 0 unspecified atom stereocenters. The molecule has 0 aromatic heterocycles. The topological polar surface area (TPSA) is 69.6 Å². The van der Waals surface area contributed by atoms with Crippen molar-refractivity contribution >= 4 is 50.7 Å². The van der Waals surface area contributed by atoms with Gasteiger partial charge in [0.1, 0.15) is 16.5 Å². The number of nitrogens with zero attached hydrogens (tertiary/aromatic N) is 1. The van der Waals surface area contributed by atoms with E-state index in [1.54, 1.807) is 36.4 Å². The van der Waals surface area contributed by atoms with E-state index in [1.807, 2.05) is 0 Å². The quantitative estimate of drug-likeness (QED) is 0.782. The van der Waals surface area contributed by atoms with Gasteiger partial charge in [0.05, 0.1) is 5.69 Å². The molecular weight excluding hydrogens is 384 g/mol. The molecule has 2 amide bonds. The Hall–Kier alpha value is -2.31. The third-order valence-electron chi connectivity index (χ3n) is 3.23. The molecule has 0 bridgehead atoms. The minimum absolute atomic E-state index is 0.0230. The summed E-state index contributed by atoms with van der Waals surface area (Å²) in [5.74, 6) is -1.11. The number of nitrogens with one attached hydrogen (secondary N) is 1. The van der Waals surface area contributed by atoms with E-state index in [0.717, 1.165) is 9.37 Å². The number of phenols is 1. The molecule has 1 heterocycles. The first-order chi connectivity index (χ1) is 11.0. The molecule has 2 N–H and O–H groups in total. The predicted molar refractivity (Wildman–Crippen MR) is 91.2 cm³/mol. The summed E-state index contributed by atoms with van der Waals surface area (Å²) in [6, 6.07) is 12.9. The summed E-state index contributed by atoms with van der Waals surface area (Å²) in [5, 5.41) is 12.1. The van der Waals surface area contributed by atoms with E-state index >= 15 is 0 Å². The molecule has 1 aliphatic rings. The monoisotopic (exact) mass is 392 g/mol. The van der Waals surface area contributed by atoms with Gasteiger partial charge in [0, 0.05) is 16.2 Å². The van der Waals surface area contributed by atoms with Crippen molar-refractivity contribution in [3.05, 3.63) is 63.7 Å². The van der Waals surface area contributed by atoms with Crippen molar-refractivity contribution < 1.29 is 14.7 Å². The van der Waals surface area contributed by atoms with Crippen LogP contribution in [0.15, 0.2) is 63.7 Å². The number of anilines is 2. The van der Waals surface area contributed by atoms with Crippen LogP contribution in [0, 0.1) is 0 Å². The lowest BCUT2D eigenvalue weighted by atomic mass is 10.2. The van der Waals surface area contributed by atoms with Crippen LogP contribution in [-0.4, -0.2) is 16.9 Å². The molecule has 116 valence electrons. The van der Waals surface area contributed by atoms with E-state index in [9.17, 15) is 14.7 Å². The summed E-state index contributed by atoms with van der Waals surface area (Å²) >= 11 is 9.32. The first kappa shape index (κ1) is 15.6. The fourth-order valence-corrected chi connectivity index (χ4v) is 2.64.